The lowest BCUT2D eigenvalue weighted by Crippen LogP contribution is -2.37. The SMILES string of the molecule is NC(=O)c1cccc(CN2CCc3ccccc3C2=O)c1. The van der Waals surface area contributed by atoms with Crippen molar-refractivity contribution in [1.82, 2.24) is 4.90 Å². The molecule has 3 rings (SSSR count). The largest absolute Gasteiger partial charge is 0.366 e. The summed E-state index contributed by atoms with van der Waals surface area (Å²) in [5.74, 6) is -0.409. The third kappa shape index (κ3) is 2.65. The average Bonchev–Trinajstić information content (AvgIpc) is 2.51. The van der Waals surface area contributed by atoms with E-state index in [0.29, 0.717) is 18.7 Å². The maximum atomic E-state index is 12.5. The second-order valence-electron chi connectivity index (χ2n) is 5.20. The van der Waals surface area contributed by atoms with Crippen LogP contribution in [0.5, 0.6) is 0 Å². The van der Waals surface area contributed by atoms with Gasteiger partial charge in [0.2, 0.25) is 5.91 Å². The van der Waals surface area contributed by atoms with Crippen molar-refractivity contribution in [2.45, 2.75) is 13.0 Å². The van der Waals surface area contributed by atoms with Gasteiger partial charge >= 0.3 is 0 Å². The number of fused-ring (bicyclic) bond motifs is 1. The van der Waals surface area contributed by atoms with Crippen molar-refractivity contribution in [1.29, 1.82) is 0 Å². The molecule has 0 saturated heterocycles. The lowest BCUT2D eigenvalue weighted by molar-refractivity contribution is 0.0727. The number of carbonyl (C=O) groups excluding carboxylic acids is 2. The van der Waals surface area contributed by atoms with Crippen LogP contribution in [0.2, 0.25) is 0 Å². The molecule has 1 aliphatic heterocycles. The average molecular weight is 280 g/mol. The summed E-state index contributed by atoms with van der Waals surface area (Å²) in [5.41, 5.74) is 8.55. The summed E-state index contributed by atoms with van der Waals surface area (Å²) in [6.45, 7) is 1.19. The maximum absolute atomic E-state index is 12.5. The molecular weight excluding hydrogens is 264 g/mol. The molecule has 0 bridgehead atoms. The summed E-state index contributed by atoms with van der Waals surface area (Å²) in [6, 6.07) is 14.8. The Bertz CT molecular complexity index is 709. The van der Waals surface area contributed by atoms with E-state index in [-0.39, 0.29) is 5.91 Å². The number of amides is 2. The van der Waals surface area contributed by atoms with E-state index in [4.69, 9.17) is 5.73 Å². The Balaban J connectivity index is 1.82. The van der Waals surface area contributed by atoms with Crippen LogP contribution in [-0.2, 0) is 13.0 Å². The summed E-state index contributed by atoms with van der Waals surface area (Å²) >= 11 is 0. The minimum atomic E-state index is -0.452. The van der Waals surface area contributed by atoms with E-state index in [1.54, 1.807) is 18.2 Å². The summed E-state index contributed by atoms with van der Waals surface area (Å²) in [7, 11) is 0. The highest BCUT2D eigenvalue weighted by molar-refractivity contribution is 5.96. The topological polar surface area (TPSA) is 63.4 Å². The van der Waals surface area contributed by atoms with E-state index in [1.807, 2.05) is 35.2 Å². The van der Waals surface area contributed by atoms with Crippen LogP contribution in [0.25, 0.3) is 0 Å². The highest BCUT2D eigenvalue weighted by Gasteiger charge is 2.23. The van der Waals surface area contributed by atoms with Crippen LogP contribution >= 0.6 is 0 Å². The monoisotopic (exact) mass is 280 g/mol. The fourth-order valence-corrected chi connectivity index (χ4v) is 2.67. The van der Waals surface area contributed by atoms with Crippen LogP contribution in [-0.4, -0.2) is 23.3 Å². The third-order valence-corrected chi connectivity index (χ3v) is 3.77. The van der Waals surface area contributed by atoms with Gasteiger partial charge in [-0.2, -0.15) is 0 Å². The standard InChI is InChI=1S/C17H16N2O2/c18-16(20)14-6-3-4-12(10-14)11-19-9-8-13-5-1-2-7-15(13)17(19)21/h1-7,10H,8-9,11H2,(H2,18,20). The fraction of sp³-hybridized carbons (Fsp3) is 0.176. The van der Waals surface area contributed by atoms with Gasteiger partial charge in [-0.1, -0.05) is 30.3 Å². The maximum Gasteiger partial charge on any atom is 0.254 e. The molecule has 2 aromatic carbocycles. The van der Waals surface area contributed by atoms with Gasteiger partial charge in [0.1, 0.15) is 0 Å². The molecule has 1 aliphatic rings. The predicted octanol–water partition coefficient (Wildman–Crippen LogP) is 1.98. The Kier molecular flexibility index (Phi) is 3.44. The molecule has 21 heavy (non-hydrogen) atoms. The van der Waals surface area contributed by atoms with Crippen molar-refractivity contribution in [2.24, 2.45) is 5.73 Å². The highest BCUT2D eigenvalue weighted by Crippen LogP contribution is 2.20. The Hall–Kier alpha value is -2.62. The van der Waals surface area contributed by atoms with Crippen molar-refractivity contribution in [3.8, 4) is 0 Å². The van der Waals surface area contributed by atoms with Crippen LogP contribution < -0.4 is 5.73 Å². The molecule has 0 unspecified atom stereocenters. The Labute approximate surface area is 123 Å². The molecule has 2 aromatic rings. The smallest absolute Gasteiger partial charge is 0.254 e. The number of nitrogens with zero attached hydrogens (tertiary/aromatic N) is 1. The van der Waals surface area contributed by atoms with Gasteiger partial charge in [-0.3, -0.25) is 9.59 Å². The molecule has 0 aliphatic carbocycles. The van der Waals surface area contributed by atoms with E-state index in [9.17, 15) is 9.59 Å². The third-order valence-electron chi connectivity index (χ3n) is 3.77. The zero-order valence-electron chi connectivity index (χ0n) is 11.6. The summed E-state index contributed by atoms with van der Waals surface area (Å²) in [6.07, 6.45) is 0.859. The van der Waals surface area contributed by atoms with Crippen LogP contribution in [0.1, 0.15) is 31.8 Å². The van der Waals surface area contributed by atoms with E-state index in [1.165, 1.54) is 0 Å². The van der Waals surface area contributed by atoms with E-state index in [0.717, 1.165) is 23.1 Å². The van der Waals surface area contributed by atoms with Crippen molar-refractivity contribution in [2.75, 3.05) is 6.54 Å². The van der Waals surface area contributed by atoms with Crippen molar-refractivity contribution >= 4 is 11.8 Å². The molecule has 106 valence electrons. The highest BCUT2D eigenvalue weighted by atomic mass is 16.2. The summed E-state index contributed by atoms with van der Waals surface area (Å²) in [5, 5.41) is 0. The molecule has 0 fully saturated rings. The number of rotatable bonds is 3. The van der Waals surface area contributed by atoms with Gasteiger partial charge in [0.05, 0.1) is 0 Å². The van der Waals surface area contributed by atoms with Crippen LogP contribution in [0.3, 0.4) is 0 Å². The van der Waals surface area contributed by atoms with Gasteiger partial charge in [-0.05, 0) is 35.7 Å². The summed E-state index contributed by atoms with van der Waals surface area (Å²) in [4.78, 5) is 25.5. The number of hydrogen-bond donors (Lipinski definition) is 1. The zero-order chi connectivity index (χ0) is 14.8. The van der Waals surface area contributed by atoms with Crippen molar-refractivity contribution < 1.29 is 9.59 Å². The predicted molar refractivity (Wildman–Crippen MR) is 79.8 cm³/mol. The zero-order valence-corrected chi connectivity index (χ0v) is 11.6. The van der Waals surface area contributed by atoms with Gasteiger partial charge in [-0.15, -0.1) is 0 Å². The summed E-state index contributed by atoms with van der Waals surface area (Å²) < 4.78 is 0. The number of carbonyl (C=O) groups is 2. The number of primary amides is 1. The molecule has 0 saturated carbocycles. The van der Waals surface area contributed by atoms with Crippen LogP contribution in [0.4, 0.5) is 0 Å². The first kappa shape index (κ1) is 13.4. The Morgan fingerprint density at radius 1 is 1.14 bits per heavy atom. The molecule has 0 aromatic heterocycles. The molecule has 0 spiro atoms. The molecule has 4 heteroatoms. The Morgan fingerprint density at radius 2 is 1.95 bits per heavy atom. The van der Waals surface area contributed by atoms with Crippen molar-refractivity contribution in [3.63, 3.8) is 0 Å². The first-order valence-electron chi connectivity index (χ1n) is 6.91. The van der Waals surface area contributed by atoms with Gasteiger partial charge in [0.25, 0.3) is 5.91 Å². The van der Waals surface area contributed by atoms with Crippen molar-refractivity contribution in [3.05, 3.63) is 70.8 Å². The van der Waals surface area contributed by atoms with Crippen LogP contribution in [0, 0.1) is 0 Å². The molecule has 0 atom stereocenters. The molecule has 0 radical (unpaired) electrons. The quantitative estimate of drug-likeness (QED) is 0.934. The van der Waals surface area contributed by atoms with E-state index in [2.05, 4.69) is 0 Å². The first-order chi connectivity index (χ1) is 10.1. The molecule has 2 amide bonds. The van der Waals surface area contributed by atoms with Gasteiger partial charge < -0.3 is 10.6 Å². The lowest BCUT2D eigenvalue weighted by atomic mass is 9.98. The lowest BCUT2D eigenvalue weighted by Gasteiger charge is -2.28. The normalized spacial score (nSPS) is 13.9. The molecule has 2 N–H and O–H groups in total. The minimum absolute atomic E-state index is 0.0429. The van der Waals surface area contributed by atoms with Gasteiger partial charge in [0, 0.05) is 24.2 Å². The first-order valence-corrected chi connectivity index (χ1v) is 6.91. The van der Waals surface area contributed by atoms with Gasteiger partial charge in [0.15, 0.2) is 0 Å². The second kappa shape index (κ2) is 5.40. The minimum Gasteiger partial charge on any atom is -0.366 e. The van der Waals surface area contributed by atoms with E-state index >= 15 is 0 Å². The Morgan fingerprint density at radius 3 is 2.76 bits per heavy atom. The fourth-order valence-electron chi connectivity index (χ4n) is 2.67. The van der Waals surface area contributed by atoms with Gasteiger partial charge in [-0.25, -0.2) is 0 Å². The second-order valence-corrected chi connectivity index (χ2v) is 5.20. The molecule has 1 heterocycles. The van der Waals surface area contributed by atoms with Crippen LogP contribution in [0.15, 0.2) is 48.5 Å². The number of nitrogens with two attached hydrogens (primary N) is 1. The number of hydrogen-bond acceptors (Lipinski definition) is 2. The molecule has 4 nitrogen and oxygen atoms in total. The number of benzene rings is 2. The van der Waals surface area contributed by atoms with E-state index < -0.39 is 5.91 Å². The molecular formula is C17H16N2O2.